The van der Waals surface area contributed by atoms with Crippen molar-refractivity contribution in [2.24, 2.45) is 16.2 Å². The number of carbonyl (C=O) groups is 6. The molecule has 10 heteroatoms. The zero-order chi connectivity index (χ0) is 31.4. The first-order valence-electron chi connectivity index (χ1n) is 14.4. The third-order valence-corrected chi connectivity index (χ3v) is 7.83. The van der Waals surface area contributed by atoms with Gasteiger partial charge in [0, 0.05) is 19.3 Å². The van der Waals surface area contributed by atoms with Crippen molar-refractivity contribution < 1.29 is 44.1 Å². The molecule has 0 fully saturated rings. The Bertz CT molecular complexity index is 688. The molecular weight excluding hydrogens is 531 g/mol. The van der Waals surface area contributed by atoms with Crippen LogP contribution in [0.1, 0.15) is 139 Å². The molecule has 0 unspecified atom stereocenters. The number of carboxylic acids is 3. The van der Waals surface area contributed by atoms with E-state index in [1.807, 2.05) is 20.8 Å². The summed E-state index contributed by atoms with van der Waals surface area (Å²) in [5.41, 5.74) is -3.72. The van der Waals surface area contributed by atoms with Crippen LogP contribution in [0.15, 0.2) is 0 Å². The van der Waals surface area contributed by atoms with Crippen molar-refractivity contribution >= 4 is 52.6 Å². The van der Waals surface area contributed by atoms with E-state index in [0.29, 0.717) is 77.0 Å². The van der Waals surface area contributed by atoms with E-state index in [9.17, 15) is 44.1 Å². The standard InChI is InChI=1S/3C10H18O3.Al/c3*1-4-7-8(11)10(5-2,6-3)9(12)13;/h3*4-7H2,1-3H3,(H,12,13);/q;;;+3/p-3. The molecule has 0 heterocycles. The molecule has 0 saturated heterocycles. The van der Waals surface area contributed by atoms with E-state index in [-0.39, 0.29) is 34.7 Å². The number of hydrogen-bond acceptors (Lipinski definition) is 9. The van der Waals surface area contributed by atoms with Crippen molar-refractivity contribution in [1.82, 2.24) is 0 Å². The Labute approximate surface area is 252 Å². The minimum Gasteiger partial charge on any atom is -0.549 e. The van der Waals surface area contributed by atoms with Crippen LogP contribution in [-0.4, -0.2) is 52.6 Å². The summed E-state index contributed by atoms with van der Waals surface area (Å²) in [6.45, 7) is 15.9. The molecule has 228 valence electrons. The second-order valence-corrected chi connectivity index (χ2v) is 9.75. The van der Waals surface area contributed by atoms with Gasteiger partial charge in [-0.25, -0.2) is 0 Å². The molecule has 0 rings (SSSR count). The molecule has 0 aliphatic rings. The van der Waals surface area contributed by atoms with Crippen LogP contribution in [0.25, 0.3) is 0 Å². The fraction of sp³-hybridized carbons (Fsp3) is 0.800. The molecule has 0 radical (unpaired) electrons. The topological polar surface area (TPSA) is 172 Å². The average Bonchev–Trinajstić information content (AvgIpc) is 2.88. The number of Topliss-reactive ketones (excluding diaryl/α,β-unsaturated/α-hetero) is 3. The molecule has 0 aliphatic heterocycles. The third-order valence-electron chi connectivity index (χ3n) is 7.83. The van der Waals surface area contributed by atoms with Gasteiger partial charge in [0.1, 0.15) is 17.3 Å². The molecule has 0 aromatic rings. The quantitative estimate of drug-likeness (QED) is 0.174. The van der Waals surface area contributed by atoms with Crippen molar-refractivity contribution in [3.63, 3.8) is 0 Å². The first-order chi connectivity index (χ1) is 18.1. The molecule has 0 aliphatic carbocycles. The van der Waals surface area contributed by atoms with Gasteiger partial charge < -0.3 is 29.7 Å². The molecule has 0 bridgehead atoms. The molecule has 40 heavy (non-hydrogen) atoms. The van der Waals surface area contributed by atoms with Crippen LogP contribution >= 0.6 is 0 Å². The molecule has 0 N–H and O–H groups in total. The predicted molar refractivity (Wildman–Crippen MR) is 150 cm³/mol. The first kappa shape index (κ1) is 45.0. The maximum Gasteiger partial charge on any atom is 3.00 e. The van der Waals surface area contributed by atoms with Crippen LogP contribution in [0.4, 0.5) is 0 Å². The maximum absolute atomic E-state index is 11.5. The van der Waals surface area contributed by atoms with Gasteiger partial charge in [0.25, 0.3) is 0 Å². The van der Waals surface area contributed by atoms with Gasteiger partial charge >= 0.3 is 17.4 Å². The minimum absolute atomic E-state index is 0. The zero-order valence-electron chi connectivity index (χ0n) is 26.2. The van der Waals surface area contributed by atoms with E-state index in [1.165, 1.54) is 0 Å². The normalized spacial score (nSPS) is 11.0. The van der Waals surface area contributed by atoms with Crippen LogP contribution in [-0.2, 0) is 28.8 Å². The van der Waals surface area contributed by atoms with Gasteiger partial charge in [-0.3, -0.25) is 14.4 Å². The number of ketones is 3. The van der Waals surface area contributed by atoms with Gasteiger partial charge in [0.15, 0.2) is 0 Å². The number of aliphatic carboxylic acids is 3. The summed E-state index contributed by atoms with van der Waals surface area (Å²) >= 11 is 0. The summed E-state index contributed by atoms with van der Waals surface area (Å²) in [6.07, 6.45) is 5.00. The van der Waals surface area contributed by atoms with E-state index >= 15 is 0 Å². The fourth-order valence-corrected chi connectivity index (χ4v) is 4.54. The van der Waals surface area contributed by atoms with E-state index in [4.69, 9.17) is 0 Å². The zero-order valence-corrected chi connectivity index (χ0v) is 27.4. The van der Waals surface area contributed by atoms with Crippen LogP contribution in [0, 0.1) is 16.2 Å². The first-order valence-corrected chi connectivity index (χ1v) is 14.4. The van der Waals surface area contributed by atoms with Crippen molar-refractivity contribution in [3.05, 3.63) is 0 Å². The van der Waals surface area contributed by atoms with Gasteiger partial charge in [-0.05, 0) is 57.8 Å². The van der Waals surface area contributed by atoms with Crippen LogP contribution < -0.4 is 15.3 Å². The molecule has 9 nitrogen and oxygen atoms in total. The monoisotopic (exact) mass is 582 g/mol. The van der Waals surface area contributed by atoms with E-state index in [0.717, 1.165) is 0 Å². The maximum atomic E-state index is 11.5. The Morgan fingerprint density at radius 2 is 0.550 bits per heavy atom. The van der Waals surface area contributed by atoms with Crippen LogP contribution in [0.5, 0.6) is 0 Å². The molecular formula is C30H51AlO9. The Morgan fingerprint density at radius 3 is 0.625 bits per heavy atom. The second kappa shape index (κ2) is 22.6. The summed E-state index contributed by atoms with van der Waals surface area (Å²) in [6, 6.07) is 0. The molecule has 0 aromatic carbocycles. The summed E-state index contributed by atoms with van der Waals surface area (Å²) in [4.78, 5) is 67.2. The Kier molecular flexibility index (Phi) is 25.4. The molecule has 0 atom stereocenters. The number of carbonyl (C=O) groups excluding carboxylic acids is 6. The van der Waals surface area contributed by atoms with Gasteiger partial charge in [-0.15, -0.1) is 0 Å². The molecule has 0 spiro atoms. The molecule has 0 aromatic heterocycles. The minimum atomic E-state index is -1.24. The number of hydrogen-bond donors (Lipinski definition) is 0. The Morgan fingerprint density at radius 1 is 0.400 bits per heavy atom. The summed E-state index contributed by atoms with van der Waals surface area (Å²) < 4.78 is 0. The predicted octanol–water partition coefficient (Wildman–Crippen LogP) is 2.35. The van der Waals surface area contributed by atoms with Crippen molar-refractivity contribution in [3.8, 4) is 0 Å². The molecule has 0 saturated carbocycles. The van der Waals surface area contributed by atoms with Crippen LogP contribution in [0.2, 0.25) is 0 Å². The van der Waals surface area contributed by atoms with E-state index < -0.39 is 34.2 Å². The smallest absolute Gasteiger partial charge is 0.549 e. The number of carboxylic acid groups (broad SMARTS) is 3. The van der Waals surface area contributed by atoms with Crippen LogP contribution in [0.3, 0.4) is 0 Å². The van der Waals surface area contributed by atoms with Gasteiger partial charge in [0.2, 0.25) is 0 Å². The van der Waals surface area contributed by atoms with E-state index in [1.54, 1.807) is 41.5 Å². The summed E-state index contributed by atoms with van der Waals surface area (Å²) in [5, 5.41) is 32.6. The van der Waals surface area contributed by atoms with Crippen molar-refractivity contribution in [2.75, 3.05) is 0 Å². The SMILES string of the molecule is CCCC(=O)C(CC)(CC)C(=O)[O-].CCCC(=O)C(CC)(CC)C(=O)[O-].CCCC(=O)C(CC)(CC)C(=O)[O-].[Al+3]. The Balaban J connectivity index is -0.000000240. The second-order valence-electron chi connectivity index (χ2n) is 9.75. The summed E-state index contributed by atoms with van der Waals surface area (Å²) in [7, 11) is 0. The van der Waals surface area contributed by atoms with Gasteiger partial charge in [-0.1, -0.05) is 62.3 Å². The fourth-order valence-electron chi connectivity index (χ4n) is 4.54. The Hall–Kier alpha value is -2.05. The van der Waals surface area contributed by atoms with Gasteiger partial charge in [0.05, 0.1) is 34.2 Å². The van der Waals surface area contributed by atoms with Crippen molar-refractivity contribution in [1.29, 1.82) is 0 Å². The van der Waals surface area contributed by atoms with Gasteiger partial charge in [-0.2, -0.15) is 0 Å². The molecule has 0 amide bonds. The average molecular weight is 583 g/mol. The summed E-state index contributed by atoms with van der Waals surface area (Å²) in [5.74, 6) is -4.26. The van der Waals surface area contributed by atoms with E-state index in [2.05, 4.69) is 0 Å². The largest absolute Gasteiger partial charge is 3.00 e. The third kappa shape index (κ3) is 11.8. The van der Waals surface area contributed by atoms with Crippen molar-refractivity contribution in [2.45, 2.75) is 139 Å². The number of rotatable bonds is 18.